The lowest BCUT2D eigenvalue weighted by Crippen LogP contribution is -1.93. The third-order valence-corrected chi connectivity index (χ3v) is 3.54. The highest BCUT2D eigenvalue weighted by Crippen LogP contribution is 2.21. The van der Waals surface area contributed by atoms with E-state index < -0.39 is 0 Å². The summed E-state index contributed by atoms with van der Waals surface area (Å²) >= 11 is 5.02. The molecule has 50 valence electrons. The fourth-order valence-electron chi connectivity index (χ4n) is 0.513. The molecule has 1 nitrogen and oxygen atoms in total. The van der Waals surface area contributed by atoms with E-state index in [1.54, 1.807) is 20.7 Å². The zero-order chi connectivity index (χ0) is 6.69. The van der Waals surface area contributed by atoms with Gasteiger partial charge in [0.15, 0.2) is 0 Å². The van der Waals surface area contributed by atoms with Crippen molar-refractivity contribution in [3.8, 4) is 0 Å². The van der Waals surface area contributed by atoms with Gasteiger partial charge in [0.25, 0.3) is 0 Å². The monoisotopic (exact) mass is 177 g/mol. The molecule has 0 unspecified atom stereocenters. The Morgan fingerprint density at radius 2 is 2.56 bits per heavy atom. The summed E-state index contributed by atoms with van der Waals surface area (Å²) in [7, 11) is 3.32. The molecule has 1 heterocycles. The van der Waals surface area contributed by atoms with E-state index >= 15 is 0 Å². The number of nitrogens with one attached hydrogen (secondary N) is 1. The minimum absolute atomic E-state index is 0.951. The standard InChI is InChI=1S/C5H7NS3/c1-2-6-4-3-8-9-5(4)7/h3,6H,2H2,1H3. The normalized spacial score (nSPS) is 9.44. The van der Waals surface area contributed by atoms with Crippen LogP contribution in [0.15, 0.2) is 5.38 Å². The van der Waals surface area contributed by atoms with Gasteiger partial charge in [-0.3, -0.25) is 0 Å². The molecule has 0 aromatic carbocycles. The van der Waals surface area contributed by atoms with E-state index in [0.717, 1.165) is 16.1 Å². The minimum Gasteiger partial charge on any atom is -0.383 e. The smallest absolute Gasteiger partial charge is 0.124 e. The van der Waals surface area contributed by atoms with Crippen LogP contribution in [0.1, 0.15) is 6.92 Å². The fourth-order valence-corrected chi connectivity index (χ4v) is 2.77. The highest BCUT2D eigenvalue weighted by atomic mass is 32.9. The molecule has 0 aliphatic carbocycles. The molecule has 0 aliphatic heterocycles. The van der Waals surface area contributed by atoms with E-state index in [1.165, 1.54) is 0 Å². The molecule has 0 saturated carbocycles. The second-order valence-corrected chi connectivity index (χ2v) is 4.28. The summed E-state index contributed by atoms with van der Waals surface area (Å²) in [6.45, 7) is 3.02. The maximum Gasteiger partial charge on any atom is 0.124 e. The summed E-state index contributed by atoms with van der Waals surface area (Å²) in [5, 5.41) is 5.22. The van der Waals surface area contributed by atoms with Crippen LogP contribution >= 0.6 is 32.9 Å². The van der Waals surface area contributed by atoms with Gasteiger partial charge in [-0.15, -0.1) is 0 Å². The van der Waals surface area contributed by atoms with Crippen LogP contribution in [0.25, 0.3) is 0 Å². The van der Waals surface area contributed by atoms with E-state index in [0.29, 0.717) is 0 Å². The van der Waals surface area contributed by atoms with Crippen LogP contribution in [0, 0.1) is 3.82 Å². The second kappa shape index (κ2) is 3.29. The van der Waals surface area contributed by atoms with Crippen LogP contribution < -0.4 is 5.32 Å². The number of hydrogen-bond donors (Lipinski definition) is 1. The molecule has 4 heteroatoms. The highest BCUT2D eigenvalue weighted by Gasteiger charge is 1.91. The maximum absolute atomic E-state index is 5.02. The summed E-state index contributed by atoms with van der Waals surface area (Å²) in [6.07, 6.45) is 0. The van der Waals surface area contributed by atoms with Gasteiger partial charge in [-0.05, 0) is 6.92 Å². The zero-order valence-corrected chi connectivity index (χ0v) is 7.46. The first-order valence-corrected chi connectivity index (χ1v) is 5.28. The average Bonchev–Trinajstić information content (AvgIpc) is 2.18. The van der Waals surface area contributed by atoms with Crippen molar-refractivity contribution < 1.29 is 0 Å². The second-order valence-electron chi connectivity index (χ2n) is 1.53. The molecular formula is C5H7NS3. The van der Waals surface area contributed by atoms with Crippen molar-refractivity contribution in [3.63, 3.8) is 0 Å². The van der Waals surface area contributed by atoms with E-state index in [-0.39, 0.29) is 0 Å². The quantitative estimate of drug-likeness (QED) is 0.550. The Hall–Kier alpha value is 0.0700. The minimum atomic E-state index is 0.951. The van der Waals surface area contributed by atoms with Gasteiger partial charge in [-0.1, -0.05) is 32.9 Å². The zero-order valence-electron chi connectivity index (χ0n) is 5.01. The summed E-state index contributed by atoms with van der Waals surface area (Å²) < 4.78 is 0.974. The predicted octanol–water partition coefficient (Wildman–Crippen LogP) is 2.97. The molecule has 1 aromatic heterocycles. The lowest BCUT2D eigenvalue weighted by molar-refractivity contribution is 1.22. The molecule has 0 aliphatic rings. The van der Waals surface area contributed by atoms with E-state index in [2.05, 4.69) is 17.6 Å². The first-order chi connectivity index (χ1) is 4.34. The molecule has 0 amide bonds. The van der Waals surface area contributed by atoms with Gasteiger partial charge >= 0.3 is 0 Å². The Kier molecular flexibility index (Phi) is 2.63. The van der Waals surface area contributed by atoms with Gasteiger partial charge < -0.3 is 5.32 Å². The Labute approximate surface area is 66.7 Å². The SMILES string of the molecule is CCNc1cssc1=S. The largest absolute Gasteiger partial charge is 0.383 e. The highest BCUT2D eigenvalue weighted by molar-refractivity contribution is 7.79. The Morgan fingerprint density at radius 3 is 3.00 bits per heavy atom. The molecule has 0 fully saturated rings. The summed E-state index contributed by atoms with van der Waals surface area (Å²) in [6, 6.07) is 0. The van der Waals surface area contributed by atoms with Crippen LogP contribution in [0.2, 0.25) is 0 Å². The van der Waals surface area contributed by atoms with Crippen LogP contribution in [0.5, 0.6) is 0 Å². The van der Waals surface area contributed by atoms with Crippen molar-refractivity contribution in [2.45, 2.75) is 6.92 Å². The predicted molar refractivity (Wildman–Crippen MR) is 47.2 cm³/mol. The van der Waals surface area contributed by atoms with Crippen molar-refractivity contribution in [2.75, 3.05) is 11.9 Å². The van der Waals surface area contributed by atoms with Gasteiger partial charge in [-0.2, -0.15) is 0 Å². The van der Waals surface area contributed by atoms with Crippen molar-refractivity contribution in [1.82, 2.24) is 0 Å². The van der Waals surface area contributed by atoms with E-state index in [9.17, 15) is 0 Å². The average molecular weight is 177 g/mol. The summed E-state index contributed by atoms with van der Waals surface area (Å²) in [4.78, 5) is 0. The summed E-state index contributed by atoms with van der Waals surface area (Å²) in [5.41, 5.74) is 1.11. The van der Waals surface area contributed by atoms with Gasteiger partial charge in [0, 0.05) is 11.9 Å². The van der Waals surface area contributed by atoms with Crippen molar-refractivity contribution in [3.05, 3.63) is 9.20 Å². The van der Waals surface area contributed by atoms with Crippen LogP contribution in [0.3, 0.4) is 0 Å². The van der Waals surface area contributed by atoms with E-state index in [1.807, 2.05) is 0 Å². The topological polar surface area (TPSA) is 12.0 Å². The molecule has 9 heavy (non-hydrogen) atoms. The third kappa shape index (κ3) is 1.74. The first kappa shape index (κ1) is 7.18. The summed E-state index contributed by atoms with van der Waals surface area (Å²) in [5.74, 6) is 0. The lowest BCUT2D eigenvalue weighted by atomic mass is 10.6. The van der Waals surface area contributed by atoms with Crippen molar-refractivity contribution in [1.29, 1.82) is 0 Å². The molecule has 1 aromatic rings. The van der Waals surface area contributed by atoms with Crippen molar-refractivity contribution >= 4 is 38.6 Å². The lowest BCUT2D eigenvalue weighted by Gasteiger charge is -1.93. The molecule has 1 rings (SSSR count). The van der Waals surface area contributed by atoms with Gasteiger partial charge in [0.1, 0.15) is 3.82 Å². The molecule has 0 saturated heterocycles. The number of rotatable bonds is 2. The third-order valence-electron chi connectivity index (χ3n) is 0.877. The molecular weight excluding hydrogens is 170 g/mol. The van der Waals surface area contributed by atoms with Gasteiger partial charge in [0.2, 0.25) is 0 Å². The molecule has 0 radical (unpaired) electrons. The maximum atomic E-state index is 5.02. The Balaban J connectivity index is 2.81. The molecule has 0 atom stereocenters. The van der Waals surface area contributed by atoms with Crippen molar-refractivity contribution in [2.24, 2.45) is 0 Å². The number of anilines is 1. The van der Waals surface area contributed by atoms with Crippen LogP contribution in [-0.4, -0.2) is 6.54 Å². The number of hydrogen-bond acceptors (Lipinski definition) is 4. The molecule has 0 spiro atoms. The van der Waals surface area contributed by atoms with Crippen LogP contribution in [-0.2, 0) is 0 Å². The molecule has 1 N–H and O–H groups in total. The first-order valence-electron chi connectivity index (χ1n) is 2.66. The Bertz CT molecular complexity index is 224. The Morgan fingerprint density at radius 1 is 1.78 bits per heavy atom. The fraction of sp³-hybridized carbons (Fsp3) is 0.400. The van der Waals surface area contributed by atoms with Gasteiger partial charge in [0.05, 0.1) is 5.69 Å². The molecule has 0 bridgehead atoms. The van der Waals surface area contributed by atoms with Gasteiger partial charge in [-0.25, -0.2) is 0 Å². The van der Waals surface area contributed by atoms with Crippen LogP contribution in [0.4, 0.5) is 5.69 Å². The van der Waals surface area contributed by atoms with E-state index in [4.69, 9.17) is 12.2 Å².